The molecule has 0 radical (unpaired) electrons. The summed E-state index contributed by atoms with van der Waals surface area (Å²) in [6, 6.07) is 11.0. The molecule has 2 aromatic carbocycles. The van der Waals surface area contributed by atoms with Crippen molar-refractivity contribution in [3.8, 4) is 0 Å². The average molecular weight is 426 g/mol. The van der Waals surface area contributed by atoms with Crippen LogP contribution >= 0.6 is 34.2 Å². The standard InChI is InChI=1S/C15H12ClF3IN/c1-9(10-5-7-11(20)8-6-10)21-14-12(15(17,18)19)3-2-4-13(14)16/h2-9,21H,1H3. The molecule has 0 heterocycles. The van der Waals surface area contributed by atoms with Crippen molar-refractivity contribution in [1.29, 1.82) is 0 Å². The fourth-order valence-corrected chi connectivity index (χ4v) is 2.55. The Bertz CT molecular complexity index is 626. The predicted molar refractivity (Wildman–Crippen MR) is 87.7 cm³/mol. The second kappa shape index (κ2) is 6.44. The Balaban J connectivity index is 2.33. The van der Waals surface area contributed by atoms with Crippen LogP contribution in [0.1, 0.15) is 24.1 Å². The molecule has 0 saturated heterocycles. The van der Waals surface area contributed by atoms with Crippen molar-refractivity contribution in [2.45, 2.75) is 19.1 Å². The first kappa shape index (κ1) is 16.4. The molecule has 2 rings (SSSR count). The Labute approximate surface area is 139 Å². The minimum atomic E-state index is -4.45. The van der Waals surface area contributed by atoms with E-state index in [0.29, 0.717) is 0 Å². The maximum atomic E-state index is 13.0. The van der Waals surface area contributed by atoms with Gasteiger partial charge in [0.2, 0.25) is 0 Å². The lowest BCUT2D eigenvalue weighted by molar-refractivity contribution is -0.137. The Hall–Kier alpha value is -0.950. The highest BCUT2D eigenvalue weighted by Gasteiger charge is 2.34. The van der Waals surface area contributed by atoms with E-state index >= 15 is 0 Å². The molecule has 6 heteroatoms. The van der Waals surface area contributed by atoms with Gasteiger partial charge in [0.15, 0.2) is 0 Å². The third-order valence-electron chi connectivity index (χ3n) is 3.05. The van der Waals surface area contributed by atoms with E-state index in [-0.39, 0.29) is 16.8 Å². The molecule has 0 amide bonds. The first-order valence-corrected chi connectivity index (χ1v) is 7.62. The summed E-state index contributed by atoms with van der Waals surface area (Å²) in [7, 11) is 0. The molecule has 0 fully saturated rings. The van der Waals surface area contributed by atoms with Crippen LogP contribution in [-0.4, -0.2) is 0 Å². The van der Waals surface area contributed by atoms with Crippen LogP contribution in [0, 0.1) is 3.57 Å². The summed E-state index contributed by atoms with van der Waals surface area (Å²) in [6.45, 7) is 1.80. The van der Waals surface area contributed by atoms with Gasteiger partial charge >= 0.3 is 6.18 Å². The molecule has 1 nitrogen and oxygen atoms in total. The van der Waals surface area contributed by atoms with Crippen LogP contribution in [0.5, 0.6) is 0 Å². The topological polar surface area (TPSA) is 12.0 Å². The summed E-state index contributed by atoms with van der Waals surface area (Å²) in [6.07, 6.45) is -4.45. The van der Waals surface area contributed by atoms with Crippen molar-refractivity contribution in [2.24, 2.45) is 0 Å². The van der Waals surface area contributed by atoms with E-state index in [0.717, 1.165) is 15.2 Å². The zero-order valence-corrected chi connectivity index (χ0v) is 13.9. The van der Waals surface area contributed by atoms with Crippen LogP contribution in [0.25, 0.3) is 0 Å². The maximum absolute atomic E-state index is 13.0. The predicted octanol–water partition coefficient (Wildman–Crippen LogP) is 6.14. The third-order valence-corrected chi connectivity index (χ3v) is 4.08. The number of hydrogen-bond acceptors (Lipinski definition) is 1. The number of nitrogens with one attached hydrogen (secondary N) is 1. The summed E-state index contributed by atoms with van der Waals surface area (Å²) < 4.78 is 40.2. The number of rotatable bonds is 3. The monoisotopic (exact) mass is 425 g/mol. The number of alkyl halides is 3. The highest BCUT2D eigenvalue weighted by atomic mass is 127. The minimum absolute atomic E-state index is 0.0576. The van der Waals surface area contributed by atoms with Gasteiger partial charge in [-0.05, 0) is 59.3 Å². The Morgan fingerprint density at radius 1 is 1.10 bits per heavy atom. The fraction of sp³-hybridized carbons (Fsp3) is 0.200. The zero-order valence-electron chi connectivity index (χ0n) is 11.0. The molecular weight excluding hydrogens is 414 g/mol. The first-order chi connectivity index (χ1) is 9.79. The molecule has 0 aromatic heterocycles. The average Bonchev–Trinajstić information content (AvgIpc) is 2.40. The van der Waals surface area contributed by atoms with E-state index in [4.69, 9.17) is 11.6 Å². The van der Waals surface area contributed by atoms with E-state index in [2.05, 4.69) is 27.9 Å². The van der Waals surface area contributed by atoms with Crippen molar-refractivity contribution in [3.05, 3.63) is 62.2 Å². The lowest BCUT2D eigenvalue weighted by atomic mass is 10.1. The van der Waals surface area contributed by atoms with Crippen LogP contribution in [0.3, 0.4) is 0 Å². The van der Waals surface area contributed by atoms with E-state index in [1.165, 1.54) is 12.1 Å². The number of benzene rings is 2. The molecule has 21 heavy (non-hydrogen) atoms. The summed E-state index contributed by atoms with van der Waals surface area (Å²) in [5, 5.41) is 2.92. The van der Waals surface area contributed by atoms with Crippen LogP contribution < -0.4 is 5.32 Å². The van der Waals surface area contributed by atoms with Gasteiger partial charge in [0, 0.05) is 9.61 Å². The van der Waals surface area contributed by atoms with Crippen molar-refractivity contribution in [1.82, 2.24) is 0 Å². The van der Waals surface area contributed by atoms with Crippen molar-refractivity contribution in [2.75, 3.05) is 5.32 Å². The summed E-state index contributed by atoms with van der Waals surface area (Å²) in [5.41, 5.74) is 0.0496. The molecule has 0 saturated carbocycles. The number of hydrogen-bond donors (Lipinski definition) is 1. The van der Waals surface area contributed by atoms with Gasteiger partial charge in [0.05, 0.1) is 16.3 Å². The molecule has 1 unspecified atom stereocenters. The molecule has 0 aliphatic carbocycles. The highest BCUT2D eigenvalue weighted by Crippen LogP contribution is 2.39. The Morgan fingerprint density at radius 2 is 1.71 bits per heavy atom. The van der Waals surface area contributed by atoms with E-state index in [9.17, 15) is 13.2 Å². The number of anilines is 1. The number of halogens is 5. The fourth-order valence-electron chi connectivity index (χ4n) is 1.96. The molecular formula is C15H12ClF3IN. The van der Waals surface area contributed by atoms with Gasteiger partial charge in [-0.25, -0.2) is 0 Å². The van der Waals surface area contributed by atoms with Gasteiger partial charge in [0.1, 0.15) is 0 Å². The SMILES string of the molecule is CC(Nc1c(Cl)cccc1C(F)(F)F)c1ccc(I)cc1. The van der Waals surface area contributed by atoms with Crippen molar-refractivity contribution in [3.63, 3.8) is 0 Å². The van der Waals surface area contributed by atoms with Crippen LogP contribution in [0.4, 0.5) is 18.9 Å². The molecule has 1 N–H and O–H groups in total. The van der Waals surface area contributed by atoms with Gasteiger partial charge < -0.3 is 5.32 Å². The van der Waals surface area contributed by atoms with Gasteiger partial charge in [-0.3, -0.25) is 0 Å². The maximum Gasteiger partial charge on any atom is 0.418 e. The van der Waals surface area contributed by atoms with Gasteiger partial charge in [-0.1, -0.05) is 29.8 Å². The van der Waals surface area contributed by atoms with Crippen molar-refractivity contribution >= 4 is 39.9 Å². The van der Waals surface area contributed by atoms with E-state index in [1.54, 1.807) is 6.92 Å². The normalized spacial score (nSPS) is 13.0. The van der Waals surface area contributed by atoms with Crippen LogP contribution in [0.15, 0.2) is 42.5 Å². The molecule has 0 aliphatic heterocycles. The quantitative estimate of drug-likeness (QED) is 0.583. The van der Waals surface area contributed by atoms with Gasteiger partial charge in [-0.15, -0.1) is 0 Å². The Morgan fingerprint density at radius 3 is 2.29 bits per heavy atom. The lowest BCUT2D eigenvalue weighted by Gasteiger charge is -2.21. The molecule has 0 bridgehead atoms. The highest BCUT2D eigenvalue weighted by molar-refractivity contribution is 14.1. The van der Waals surface area contributed by atoms with Crippen LogP contribution in [-0.2, 0) is 6.18 Å². The first-order valence-electron chi connectivity index (χ1n) is 6.16. The third kappa shape index (κ3) is 4.03. The second-order valence-electron chi connectivity index (χ2n) is 4.58. The summed E-state index contributed by atoms with van der Waals surface area (Å²) in [4.78, 5) is 0. The minimum Gasteiger partial charge on any atom is -0.377 e. The molecule has 0 spiro atoms. The number of para-hydroxylation sites is 1. The van der Waals surface area contributed by atoms with Gasteiger partial charge in [-0.2, -0.15) is 13.2 Å². The molecule has 0 aliphatic rings. The van der Waals surface area contributed by atoms with E-state index < -0.39 is 11.7 Å². The second-order valence-corrected chi connectivity index (χ2v) is 6.23. The molecule has 1 atom stereocenters. The van der Waals surface area contributed by atoms with E-state index in [1.807, 2.05) is 24.3 Å². The zero-order chi connectivity index (χ0) is 15.6. The smallest absolute Gasteiger partial charge is 0.377 e. The lowest BCUT2D eigenvalue weighted by Crippen LogP contribution is -2.14. The largest absolute Gasteiger partial charge is 0.418 e. The molecule has 112 valence electrons. The van der Waals surface area contributed by atoms with Gasteiger partial charge in [0.25, 0.3) is 0 Å². The summed E-state index contributed by atoms with van der Waals surface area (Å²) >= 11 is 8.10. The van der Waals surface area contributed by atoms with Crippen molar-refractivity contribution < 1.29 is 13.2 Å². The Kier molecular flexibility index (Phi) is 5.03. The summed E-state index contributed by atoms with van der Waals surface area (Å²) in [5.74, 6) is 0. The molecule has 2 aromatic rings. The van der Waals surface area contributed by atoms with Crippen LogP contribution in [0.2, 0.25) is 5.02 Å².